The zero-order valence-corrected chi connectivity index (χ0v) is 14.6. The minimum Gasteiger partial charge on any atom is -0.508 e. The van der Waals surface area contributed by atoms with Crippen LogP contribution in [0.25, 0.3) is 0 Å². The molecule has 0 radical (unpaired) electrons. The SMILES string of the molecule is COc1ccc2c(c1)CN(C[C@H](NC(=O)NC=O)c1ccc(O)cc1)C2=O. The summed E-state index contributed by atoms with van der Waals surface area (Å²) in [4.78, 5) is 36.6. The molecule has 0 saturated heterocycles. The number of phenolic OH excluding ortho intramolecular Hbond substituents is 1. The monoisotopic (exact) mass is 369 g/mol. The fourth-order valence-electron chi connectivity index (χ4n) is 3.05. The molecule has 140 valence electrons. The number of carbonyl (C=O) groups is 3. The fourth-order valence-corrected chi connectivity index (χ4v) is 3.05. The van der Waals surface area contributed by atoms with E-state index in [2.05, 4.69) is 5.32 Å². The average Bonchev–Trinajstić information content (AvgIpc) is 2.97. The van der Waals surface area contributed by atoms with E-state index < -0.39 is 12.1 Å². The number of aromatic hydroxyl groups is 1. The van der Waals surface area contributed by atoms with E-state index in [4.69, 9.17) is 4.74 Å². The molecule has 3 N–H and O–H groups in total. The largest absolute Gasteiger partial charge is 0.508 e. The maximum atomic E-state index is 12.7. The smallest absolute Gasteiger partial charge is 0.321 e. The van der Waals surface area contributed by atoms with Gasteiger partial charge in [-0.25, -0.2) is 4.79 Å². The van der Waals surface area contributed by atoms with Crippen LogP contribution in [0, 0.1) is 0 Å². The first-order valence-electron chi connectivity index (χ1n) is 8.27. The Balaban J connectivity index is 1.81. The number of urea groups is 1. The molecule has 0 unspecified atom stereocenters. The van der Waals surface area contributed by atoms with Crippen molar-refractivity contribution in [2.45, 2.75) is 12.6 Å². The van der Waals surface area contributed by atoms with Crippen LogP contribution in [0.3, 0.4) is 0 Å². The van der Waals surface area contributed by atoms with Crippen LogP contribution in [0.1, 0.15) is 27.5 Å². The first-order chi connectivity index (χ1) is 13.0. The summed E-state index contributed by atoms with van der Waals surface area (Å²) in [5, 5.41) is 14.2. The van der Waals surface area contributed by atoms with E-state index in [1.807, 2.05) is 11.4 Å². The number of rotatable bonds is 6. The number of phenols is 1. The lowest BCUT2D eigenvalue weighted by Gasteiger charge is -2.25. The number of carbonyl (C=O) groups excluding carboxylic acids is 3. The minimum atomic E-state index is -0.672. The number of nitrogens with one attached hydrogen (secondary N) is 2. The molecule has 27 heavy (non-hydrogen) atoms. The Kier molecular flexibility index (Phi) is 5.25. The number of hydrogen-bond acceptors (Lipinski definition) is 5. The van der Waals surface area contributed by atoms with Crippen molar-refractivity contribution in [3.8, 4) is 11.5 Å². The van der Waals surface area contributed by atoms with Crippen molar-refractivity contribution in [2.75, 3.05) is 13.7 Å². The molecule has 1 heterocycles. The van der Waals surface area contributed by atoms with E-state index >= 15 is 0 Å². The Morgan fingerprint density at radius 1 is 1.30 bits per heavy atom. The van der Waals surface area contributed by atoms with Gasteiger partial charge in [-0.2, -0.15) is 0 Å². The molecule has 2 aromatic carbocycles. The van der Waals surface area contributed by atoms with Crippen LogP contribution in [-0.2, 0) is 11.3 Å². The highest BCUT2D eigenvalue weighted by molar-refractivity contribution is 5.98. The number of nitrogens with zero attached hydrogens (tertiary/aromatic N) is 1. The Bertz CT molecular complexity index is 866. The normalized spacial score (nSPS) is 13.7. The molecule has 0 bridgehead atoms. The van der Waals surface area contributed by atoms with Gasteiger partial charge in [0.05, 0.1) is 13.2 Å². The number of methoxy groups -OCH3 is 1. The first kappa shape index (κ1) is 18.2. The predicted molar refractivity (Wildman–Crippen MR) is 96.3 cm³/mol. The molecule has 8 nitrogen and oxygen atoms in total. The van der Waals surface area contributed by atoms with Crippen LogP contribution in [0.2, 0.25) is 0 Å². The van der Waals surface area contributed by atoms with Crippen molar-refractivity contribution in [1.82, 2.24) is 15.5 Å². The summed E-state index contributed by atoms with van der Waals surface area (Å²) in [6.07, 6.45) is 0.284. The van der Waals surface area contributed by atoms with Crippen LogP contribution >= 0.6 is 0 Å². The summed E-state index contributed by atoms with van der Waals surface area (Å²) in [6, 6.07) is 10.3. The summed E-state index contributed by atoms with van der Waals surface area (Å²) in [6.45, 7) is 0.587. The molecule has 0 fully saturated rings. The number of ether oxygens (including phenoxy) is 1. The molecule has 4 amide bonds. The molecule has 1 aliphatic heterocycles. The molecular formula is C19H19N3O5. The van der Waals surface area contributed by atoms with E-state index in [0.29, 0.717) is 23.4 Å². The number of imide groups is 1. The summed E-state index contributed by atoms with van der Waals surface area (Å²) < 4.78 is 5.20. The molecular weight excluding hydrogens is 350 g/mol. The lowest BCUT2D eigenvalue weighted by atomic mass is 10.1. The second kappa shape index (κ2) is 7.77. The molecule has 1 atom stereocenters. The van der Waals surface area contributed by atoms with Gasteiger partial charge in [-0.3, -0.25) is 14.9 Å². The van der Waals surface area contributed by atoms with Gasteiger partial charge in [0.2, 0.25) is 6.41 Å². The van der Waals surface area contributed by atoms with Crippen molar-refractivity contribution < 1.29 is 24.2 Å². The van der Waals surface area contributed by atoms with Gasteiger partial charge in [0.1, 0.15) is 11.5 Å². The zero-order valence-electron chi connectivity index (χ0n) is 14.6. The third kappa shape index (κ3) is 4.00. The van der Waals surface area contributed by atoms with Crippen LogP contribution in [0.5, 0.6) is 11.5 Å². The summed E-state index contributed by atoms with van der Waals surface area (Å²) in [5.41, 5.74) is 2.13. The number of fused-ring (bicyclic) bond motifs is 1. The Morgan fingerprint density at radius 3 is 2.70 bits per heavy atom. The van der Waals surface area contributed by atoms with E-state index in [9.17, 15) is 19.5 Å². The molecule has 3 rings (SSSR count). The quantitative estimate of drug-likeness (QED) is 0.670. The lowest BCUT2D eigenvalue weighted by molar-refractivity contribution is -0.108. The topological polar surface area (TPSA) is 108 Å². The summed E-state index contributed by atoms with van der Waals surface area (Å²) >= 11 is 0. The minimum absolute atomic E-state index is 0.0894. The lowest BCUT2D eigenvalue weighted by Crippen LogP contribution is -2.42. The highest BCUT2D eigenvalue weighted by atomic mass is 16.5. The Labute approximate surface area is 155 Å². The second-order valence-electron chi connectivity index (χ2n) is 6.09. The van der Waals surface area contributed by atoms with Crippen molar-refractivity contribution in [3.63, 3.8) is 0 Å². The van der Waals surface area contributed by atoms with Gasteiger partial charge in [0.25, 0.3) is 5.91 Å². The van der Waals surface area contributed by atoms with Crippen LogP contribution in [0.15, 0.2) is 42.5 Å². The van der Waals surface area contributed by atoms with Gasteiger partial charge >= 0.3 is 6.03 Å². The molecule has 2 aromatic rings. The highest BCUT2D eigenvalue weighted by Gasteiger charge is 2.30. The second-order valence-corrected chi connectivity index (χ2v) is 6.09. The Hall–Kier alpha value is -3.55. The van der Waals surface area contributed by atoms with Crippen LogP contribution in [0.4, 0.5) is 4.79 Å². The maximum absolute atomic E-state index is 12.7. The average molecular weight is 369 g/mol. The van der Waals surface area contributed by atoms with E-state index in [1.165, 1.54) is 12.1 Å². The molecule has 0 spiro atoms. The third-order valence-corrected chi connectivity index (χ3v) is 4.38. The van der Waals surface area contributed by atoms with Gasteiger partial charge in [0.15, 0.2) is 0 Å². The molecule has 0 saturated carbocycles. The number of hydrogen-bond donors (Lipinski definition) is 3. The molecule has 0 aliphatic carbocycles. The van der Waals surface area contributed by atoms with Crippen molar-refractivity contribution in [1.29, 1.82) is 0 Å². The van der Waals surface area contributed by atoms with Gasteiger partial charge in [-0.1, -0.05) is 12.1 Å². The Morgan fingerprint density at radius 2 is 2.04 bits per heavy atom. The van der Waals surface area contributed by atoms with Gasteiger partial charge in [0, 0.05) is 18.7 Å². The van der Waals surface area contributed by atoms with E-state index in [-0.39, 0.29) is 24.6 Å². The van der Waals surface area contributed by atoms with Crippen molar-refractivity contribution in [2.24, 2.45) is 0 Å². The molecule has 1 aliphatic rings. The number of amides is 4. The third-order valence-electron chi connectivity index (χ3n) is 4.38. The van der Waals surface area contributed by atoms with E-state index in [0.717, 1.165) is 5.56 Å². The fraction of sp³-hybridized carbons (Fsp3) is 0.211. The van der Waals surface area contributed by atoms with Crippen LogP contribution < -0.4 is 15.4 Å². The van der Waals surface area contributed by atoms with Gasteiger partial charge in [-0.15, -0.1) is 0 Å². The molecule has 0 aromatic heterocycles. The van der Waals surface area contributed by atoms with E-state index in [1.54, 1.807) is 36.3 Å². The summed E-state index contributed by atoms with van der Waals surface area (Å²) in [5.74, 6) is 0.614. The standard InChI is InChI=1S/C19H19N3O5/c1-27-15-6-7-16-13(8-15)9-22(18(16)25)10-17(21-19(26)20-11-23)12-2-4-14(24)5-3-12/h2-8,11,17,24H,9-10H2,1H3,(H2,20,21,23,26)/t17-/m0/s1. The van der Waals surface area contributed by atoms with Crippen molar-refractivity contribution >= 4 is 18.3 Å². The van der Waals surface area contributed by atoms with Gasteiger partial charge < -0.3 is 20.1 Å². The first-order valence-corrected chi connectivity index (χ1v) is 8.27. The van der Waals surface area contributed by atoms with Crippen molar-refractivity contribution in [3.05, 3.63) is 59.2 Å². The predicted octanol–water partition coefficient (Wildman–Crippen LogP) is 1.55. The van der Waals surface area contributed by atoms with Crippen LogP contribution in [-0.4, -0.2) is 42.0 Å². The maximum Gasteiger partial charge on any atom is 0.321 e. The highest BCUT2D eigenvalue weighted by Crippen LogP contribution is 2.28. The number of benzene rings is 2. The van der Waals surface area contributed by atoms with Gasteiger partial charge in [-0.05, 0) is 41.5 Å². The zero-order chi connectivity index (χ0) is 19.4. The molecule has 8 heteroatoms. The summed E-state index contributed by atoms with van der Waals surface area (Å²) in [7, 11) is 1.56.